The molecular formula is C23H26BrN3O2. The molecule has 2 aromatic rings. The fourth-order valence-corrected chi connectivity index (χ4v) is 3.81. The average Bonchev–Trinajstić information content (AvgIpc) is 2.70. The largest absolute Gasteiger partial charge is 0.337 e. The highest BCUT2D eigenvalue weighted by Crippen LogP contribution is 2.19. The van der Waals surface area contributed by atoms with Crippen LogP contribution in [0.5, 0.6) is 0 Å². The third kappa shape index (κ3) is 5.78. The quantitative estimate of drug-likeness (QED) is 0.696. The van der Waals surface area contributed by atoms with Gasteiger partial charge in [0.05, 0.1) is 6.54 Å². The fraction of sp³-hybridized carbons (Fsp3) is 0.304. The Morgan fingerprint density at radius 3 is 2.31 bits per heavy atom. The minimum absolute atomic E-state index is 0.000361. The molecule has 3 rings (SSSR count). The van der Waals surface area contributed by atoms with Gasteiger partial charge in [0, 0.05) is 42.4 Å². The molecule has 5 nitrogen and oxygen atoms in total. The van der Waals surface area contributed by atoms with Crippen LogP contribution in [0.1, 0.15) is 16.7 Å². The van der Waals surface area contributed by atoms with Gasteiger partial charge >= 0.3 is 0 Å². The van der Waals surface area contributed by atoms with Crippen LogP contribution in [0, 0.1) is 13.8 Å². The first-order valence-electron chi connectivity index (χ1n) is 9.74. The summed E-state index contributed by atoms with van der Waals surface area (Å²) in [6.07, 6.45) is 3.44. The maximum Gasteiger partial charge on any atom is 0.246 e. The van der Waals surface area contributed by atoms with Crippen molar-refractivity contribution in [3.05, 3.63) is 69.7 Å². The van der Waals surface area contributed by atoms with Crippen LogP contribution in [-0.4, -0.2) is 54.3 Å². The lowest BCUT2D eigenvalue weighted by atomic mass is 10.1. The second-order valence-electron chi connectivity index (χ2n) is 7.27. The molecule has 0 radical (unpaired) electrons. The molecule has 29 heavy (non-hydrogen) atoms. The first-order chi connectivity index (χ1) is 13.9. The van der Waals surface area contributed by atoms with Crippen LogP contribution < -0.4 is 5.32 Å². The topological polar surface area (TPSA) is 52.7 Å². The summed E-state index contributed by atoms with van der Waals surface area (Å²) in [5, 5.41) is 3.03. The van der Waals surface area contributed by atoms with E-state index in [2.05, 4.69) is 26.1 Å². The van der Waals surface area contributed by atoms with Crippen molar-refractivity contribution in [2.45, 2.75) is 13.8 Å². The molecule has 152 valence electrons. The van der Waals surface area contributed by atoms with Gasteiger partial charge in [0.15, 0.2) is 0 Å². The molecule has 0 bridgehead atoms. The number of hydrogen-bond donors (Lipinski definition) is 1. The predicted molar refractivity (Wildman–Crippen MR) is 121 cm³/mol. The zero-order valence-electron chi connectivity index (χ0n) is 16.8. The van der Waals surface area contributed by atoms with Crippen molar-refractivity contribution >= 4 is 39.5 Å². The van der Waals surface area contributed by atoms with Crippen LogP contribution in [0.25, 0.3) is 6.08 Å². The van der Waals surface area contributed by atoms with Crippen molar-refractivity contribution < 1.29 is 9.59 Å². The van der Waals surface area contributed by atoms with Gasteiger partial charge in [-0.2, -0.15) is 0 Å². The third-order valence-corrected chi connectivity index (χ3v) is 5.83. The number of carbonyl (C=O) groups excluding carboxylic acids is 2. The number of para-hydroxylation sites is 1. The first kappa shape index (κ1) is 21.3. The van der Waals surface area contributed by atoms with Crippen LogP contribution >= 0.6 is 15.9 Å². The highest BCUT2D eigenvalue weighted by atomic mass is 79.9. The smallest absolute Gasteiger partial charge is 0.246 e. The van der Waals surface area contributed by atoms with Crippen molar-refractivity contribution in [3.63, 3.8) is 0 Å². The molecule has 1 aliphatic rings. The van der Waals surface area contributed by atoms with E-state index < -0.39 is 0 Å². The molecule has 1 fully saturated rings. The summed E-state index contributed by atoms with van der Waals surface area (Å²) in [5.74, 6) is -0.0172. The van der Waals surface area contributed by atoms with Crippen LogP contribution in [-0.2, 0) is 9.59 Å². The van der Waals surface area contributed by atoms with Crippen LogP contribution in [0.4, 0.5) is 5.69 Å². The van der Waals surface area contributed by atoms with Gasteiger partial charge in [0.25, 0.3) is 0 Å². The molecule has 0 aliphatic carbocycles. The van der Waals surface area contributed by atoms with Crippen molar-refractivity contribution in [2.24, 2.45) is 0 Å². The van der Waals surface area contributed by atoms with E-state index in [1.807, 2.05) is 67.3 Å². The summed E-state index contributed by atoms with van der Waals surface area (Å²) < 4.78 is 0.962. The fourth-order valence-electron chi connectivity index (χ4n) is 3.40. The first-order valence-corrected chi connectivity index (χ1v) is 10.5. The zero-order valence-corrected chi connectivity index (χ0v) is 18.4. The Balaban J connectivity index is 1.48. The molecule has 6 heteroatoms. The van der Waals surface area contributed by atoms with E-state index in [1.165, 1.54) is 0 Å². The molecule has 2 aromatic carbocycles. The average molecular weight is 456 g/mol. The second-order valence-corrected chi connectivity index (χ2v) is 8.13. The molecule has 1 aliphatic heterocycles. The normalized spacial score (nSPS) is 14.9. The van der Waals surface area contributed by atoms with E-state index in [4.69, 9.17) is 0 Å². The molecule has 1 heterocycles. The predicted octanol–water partition coefficient (Wildman–Crippen LogP) is 3.86. The number of aryl methyl sites for hydroxylation is 2. The lowest BCUT2D eigenvalue weighted by Crippen LogP contribution is -2.50. The molecule has 2 amide bonds. The third-order valence-electron chi connectivity index (χ3n) is 5.11. The van der Waals surface area contributed by atoms with Gasteiger partial charge < -0.3 is 10.2 Å². The van der Waals surface area contributed by atoms with Gasteiger partial charge in [-0.25, -0.2) is 0 Å². The van der Waals surface area contributed by atoms with Crippen LogP contribution in [0.2, 0.25) is 0 Å². The standard InChI is InChI=1S/C23H26BrN3O2/c1-17-6-5-7-18(2)23(17)25-21(28)16-26-12-14-27(15-13-26)22(29)11-10-19-8-3-4-9-20(19)24/h3-11H,12-16H2,1-2H3,(H,25,28). The summed E-state index contributed by atoms with van der Waals surface area (Å²) >= 11 is 3.48. The zero-order chi connectivity index (χ0) is 20.8. The Bertz CT molecular complexity index is 898. The van der Waals surface area contributed by atoms with E-state index in [0.29, 0.717) is 32.7 Å². The van der Waals surface area contributed by atoms with Gasteiger partial charge in [-0.3, -0.25) is 14.5 Å². The number of nitrogens with one attached hydrogen (secondary N) is 1. The van der Waals surface area contributed by atoms with E-state index in [1.54, 1.807) is 6.08 Å². The minimum atomic E-state index is -0.0176. The van der Waals surface area contributed by atoms with Crippen LogP contribution in [0.3, 0.4) is 0 Å². The molecule has 0 aromatic heterocycles. The lowest BCUT2D eigenvalue weighted by Gasteiger charge is -2.33. The molecule has 0 unspecified atom stereocenters. The highest BCUT2D eigenvalue weighted by molar-refractivity contribution is 9.10. The van der Waals surface area contributed by atoms with Crippen molar-refractivity contribution in [3.8, 4) is 0 Å². The number of carbonyl (C=O) groups is 2. The van der Waals surface area contributed by atoms with Gasteiger partial charge in [0.1, 0.15) is 0 Å². The summed E-state index contributed by atoms with van der Waals surface area (Å²) in [4.78, 5) is 28.8. The van der Waals surface area contributed by atoms with Crippen molar-refractivity contribution in [1.82, 2.24) is 9.80 Å². The number of halogens is 1. The summed E-state index contributed by atoms with van der Waals surface area (Å²) in [5.41, 5.74) is 3.99. The molecule has 1 N–H and O–H groups in total. The van der Waals surface area contributed by atoms with E-state index >= 15 is 0 Å². The van der Waals surface area contributed by atoms with E-state index in [0.717, 1.165) is 26.9 Å². The summed E-state index contributed by atoms with van der Waals surface area (Å²) in [6, 6.07) is 13.8. The number of benzene rings is 2. The van der Waals surface area contributed by atoms with Gasteiger partial charge in [-0.15, -0.1) is 0 Å². The Morgan fingerprint density at radius 1 is 1.00 bits per heavy atom. The molecular weight excluding hydrogens is 430 g/mol. The monoisotopic (exact) mass is 455 g/mol. The Labute approximate surface area is 180 Å². The number of amides is 2. The second kappa shape index (κ2) is 9.85. The summed E-state index contributed by atoms with van der Waals surface area (Å²) in [7, 11) is 0. The van der Waals surface area contributed by atoms with E-state index in [9.17, 15) is 9.59 Å². The minimum Gasteiger partial charge on any atom is -0.337 e. The number of nitrogens with zero attached hydrogens (tertiary/aromatic N) is 2. The highest BCUT2D eigenvalue weighted by Gasteiger charge is 2.21. The summed E-state index contributed by atoms with van der Waals surface area (Å²) in [6.45, 7) is 6.95. The molecule has 0 spiro atoms. The van der Waals surface area contributed by atoms with Crippen molar-refractivity contribution in [1.29, 1.82) is 0 Å². The number of anilines is 1. The molecule has 1 saturated heterocycles. The van der Waals surface area contributed by atoms with Gasteiger partial charge in [0.2, 0.25) is 11.8 Å². The maximum atomic E-state index is 12.5. The number of rotatable bonds is 5. The van der Waals surface area contributed by atoms with Gasteiger partial charge in [-0.1, -0.05) is 52.3 Å². The molecule has 0 saturated carbocycles. The Morgan fingerprint density at radius 2 is 1.66 bits per heavy atom. The van der Waals surface area contributed by atoms with Crippen molar-refractivity contribution in [2.75, 3.05) is 38.0 Å². The number of hydrogen-bond acceptors (Lipinski definition) is 3. The SMILES string of the molecule is Cc1cccc(C)c1NC(=O)CN1CCN(C(=O)C=Cc2ccccc2Br)CC1. The number of piperazine rings is 1. The van der Waals surface area contributed by atoms with E-state index in [-0.39, 0.29) is 11.8 Å². The lowest BCUT2D eigenvalue weighted by molar-refractivity contribution is -0.127. The van der Waals surface area contributed by atoms with Gasteiger partial charge in [-0.05, 0) is 42.7 Å². The Hall–Kier alpha value is -2.44. The maximum absolute atomic E-state index is 12.5. The molecule has 0 atom stereocenters. The Kier molecular flexibility index (Phi) is 7.23. The van der Waals surface area contributed by atoms with Crippen LogP contribution in [0.15, 0.2) is 53.0 Å².